The monoisotopic (exact) mass is 261 g/mol. The molecule has 1 N–H and O–H groups in total. The topological polar surface area (TPSA) is 43.0 Å². The van der Waals surface area contributed by atoms with E-state index >= 15 is 0 Å². The van der Waals surface area contributed by atoms with Crippen LogP contribution in [0.3, 0.4) is 0 Å². The summed E-state index contributed by atoms with van der Waals surface area (Å²) < 4.78 is 7.69. The first-order valence-electron chi connectivity index (χ1n) is 6.66. The van der Waals surface area contributed by atoms with Gasteiger partial charge in [0.1, 0.15) is 11.5 Å². The lowest BCUT2D eigenvalue weighted by Gasteiger charge is -2.20. The number of furan rings is 1. The molecule has 0 amide bonds. The van der Waals surface area contributed by atoms with Gasteiger partial charge >= 0.3 is 0 Å². The molecule has 0 fully saturated rings. The average Bonchev–Trinajstić information content (AvgIpc) is 2.82. The Labute approximate surface area is 114 Å². The van der Waals surface area contributed by atoms with E-state index in [4.69, 9.17) is 4.42 Å². The zero-order valence-corrected chi connectivity index (χ0v) is 12.4. The molecule has 104 valence electrons. The van der Waals surface area contributed by atoms with Crippen LogP contribution < -0.4 is 5.32 Å². The summed E-state index contributed by atoms with van der Waals surface area (Å²) in [4.78, 5) is 0. The fourth-order valence-corrected chi connectivity index (χ4v) is 1.91. The van der Waals surface area contributed by atoms with Crippen LogP contribution in [0.1, 0.15) is 43.4 Å². The molecule has 4 nitrogen and oxygen atoms in total. The number of rotatable bonds is 4. The second-order valence-corrected chi connectivity index (χ2v) is 6.11. The molecule has 0 aliphatic carbocycles. The standard InChI is InChI=1S/C15H23N3O/c1-11-7-17-18(9-11)10-14-6-13(12(2)19-14)8-16-15(3,4)5/h6-7,9,16H,8,10H2,1-5H3. The highest BCUT2D eigenvalue weighted by Gasteiger charge is 2.12. The van der Waals surface area contributed by atoms with Crippen molar-refractivity contribution in [1.29, 1.82) is 0 Å². The molecule has 0 aliphatic heterocycles. The maximum atomic E-state index is 5.79. The number of nitrogens with zero attached hydrogens (tertiary/aromatic N) is 2. The molecule has 0 atom stereocenters. The van der Waals surface area contributed by atoms with Gasteiger partial charge in [0.05, 0.1) is 12.7 Å². The lowest BCUT2D eigenvalue weighted by Crippen LogP contribution is -2.35. The maximum Gasteiger partial charge on any atom is 0.125 e. The molecule has 2 rings (SSSR count). The SMILES string of the molecule is Cc1cnn(Cc2cc(CNC(C)(C)C)c(C)o2)c1. The van der Waals surface area contributed by atoms with E-state index in [0.29, 0.717) is 6.54 Å². The van der Waals surface area contributed by atoms with Crippen molar-refractivity contribution in [3.05, 3.63) is 41.1 Å². The second-order valence-electron chi connectivity index (χ2n) is 6.11. The second kappa shape index (κ2) is 5.21. The van der Waals surface area contributed by atoms with Crippen LogP contribution in [-0.4, -0.2) is 15.3 Å². The largest absolute Gasteiger partial charge is 0.464 e. The van der Waals surface area contributed by atoms with Gasteiger partial charge in [0.25, 0.3) is 0 Å². The molecule has 2 aromatic rings. The Morgan fingerprint density at radius 2 is 2.05 bits per heavy atom. The zero-order chi connectivity index (χ0) is 14.0. The zero-order valence-electron chi connectivity index (χ0n) is 12.4. The van der Waals surface area contributed by atoms with E-state index in [1.165, 1.54) is 5.56 Å². The third-order valence-electron chi connectivity index (χ3n) is 2.96. The summed E-state index contributed by atoms with van der Waals surface area (Å²) >= 11 is 0. The molecule has 0 unspecified atom stereocenters. The normalized spacial score (nSPS) is 12.1. The molecule has 2 aromatic heterocycles. The van der Waals surface area contributed by atoms with Crippen molar-refractivity contribution in [3.63, 3.8) is 0 Å². The van der Waals surface area contributed by atoms with Crippen LogP contribution in [0.15, 0.2) is 22.9 Å². The van der Waals surface area contributed by atoms with Crippen LogP contribution >= 0.6 is 0 Å². The molecular weight excluding hydrogens is 238 g/mol. The summed E-state index contributed by atoms with van der Waals surface area (Å²) in [6, 6.07) is 2.12. The molecule has 0 aliphatic rings. The Hall–Kier alpha value is -1.55. The highest BCUT2D eigenvalue weighted by molar-refractivity contribution is 5.21. The predicted octanol–water partition coefficient (Wildman–Crippen LogP) is 3.03. The van der Waals surface area contributed by atoms with Gasteiger partial charge in [-0.2, -0.15) is 5.10 Å². The summed E-state index contributed by atoms with van der Waals surface area (Å²) in [5.74, 6) is 1.93. The van der Waals surface area contributed by atoms with Gasteiger partial charge in [0.15, 0.2) is 0 Å². The van der Waals surface area contributed by atoms with Crippen LogP contribution in [-0.2, 0) is 13.1 Å². The van der Waals surface area contributed by atoms with Crippen LogP contribution in [0.25, 0.3) is 0 Å². The first kappa shape index (κ1) is 13.9. The maximum absolute atomic E-state index is 5.79. The molecule has 0 spiro atoms. The summed E-state index contributed by atoms with van der Waals surface area (Å²) in [5.41, 5.74) is 2.50. The van der Waals surface area contributed by atoms with Gasteiger partial charge in [-0.1, -0.05) is 0 Å². The fraction of sp³-hybridized carbons (Fsp3) is 0.533. The molecule has 0 bridgehead atoms. The lowest BCUT2D eigenvalue weighted by molar-refractivity contribution is 0.418. The third-order valence-corrected chi connectivity index (χ3v) is 2.96. The van der Waals surface area contributed by atoms with Crippen LogP contribution in [0.5, 0.6) is 0 Å². The highest BCUT2D eigenvalue weighted by Crippen LogP contribution is 2.16. The number of hydrogen-bond donors (Lipinski definition) is 1. The van der Waals surface area contributed by atoms with Crippen LogP contribution in [0, 0.1) is 13.8 Å². The van der Waals surface area contributed by atoms with Crippen molar-refractivity contribution in [2.45, 2.75) is 53.2 Å². The quantitative estimate of drug-likeness (QED) is 0.920. The number of aryl methyl sites for hydroxylation is 2. The first-order valence-corrected chi connectivity index (χ1v) is 6.66. The Kier molecular flexibility index (Phi) is 3.80. The molecular formula is C15H23N3O. The Balaban J connectivity index is 2.04. The van der Waals surface area contributed by atoms with Crippen molar-refractivity contribution in [2.24, 2.45) is 0 Å². The highest BCUT2D eigenvalue weighted by atomic mass is 16.3. The lowest BCUT2D eigenvalue weighted by atomic mass is 10.1. The van der Waals surface area contributed by atoms with Gasteiger partial charge in [-0.25, -0.2) is 0 Å². The van der Waals surface area contributed by atoms with Gasteiger partial charge in [-0.3, -0.25) is 4.68 Å². The van der Waals surface area contributed by atoms with Crippen molar-refractivity contribution in [2.75, 3.05) is 0 Å². The minimum atomic E-state index is 0.114. The third kappa shape index (κ3) is 3.96. The van der Waals surface area contributed by atoms with Crippen LogP contribution in [0.2, 0.25) is 0 Å². The Morgan fingerprint density at radius 1 is 1.32 bits per heavy atom. The van der Waals surface area contributed by atoms with Crippen LogP contribution in [0.4, 0.5) is 0 Å². The van der Waals surface area contributed by atoms with E-state index < -0.39 is 0 Å². The average molecular weight is 261 g/mol. The van der Waals surface area contributed by atoms with Crippen molar-refractivity contribution >= 4 is 0 Å². The van der Waals surface area contributed by atoms with Crippen molar-refractivity contribution in [1.82, 2.24) is 15.1 Å². The number of nitrogens with one attached hydrogen (secondary N) is 1. The fourth-order valence-electron chi connectivity index (χ4n) is 1.91. The first-order chi connectivity index (χ1) is 8.83. The molecule has 0 aromatic carbocycles. The van der Waals surface area contributed by atoms with Gasteiger partial charge in [-0.15, -0.1) is 0 Å². The van der Waals surface area contributed by atoms with E-state index in [-0.39, 0.29) is 5.54 Å². The number of aromatic nitrogens is 2. The molecule has 4 heteroatoms. The minimum absolute atomic E-state index is 0.114. The van der Waals surface area contributed by atoms with Gasteiger partial charge < -0.3 is 9.73 Å². The summed E-state index contributed by atoms with van der Waals surface area (Å²) in [6.07, 6.45) is 3.88. The van der Waals surface area contributed by atoms with E-state index in [9.17, 15) is 0 Å². The predicted molar refractivity (Wildman–Crippen MR) is 76.1 cm³/mol. The summed E-state index contributed by atoms with van der Waals surface area (Å²) in [7, 11) is 0. The van der Waals surface area contributed by atoms with E-state index in [1.807, 2.05) is 30.9 Å². The summed E-state index contributed by atoms with van der Waals surface area (Å²) in [5, 5.41) is 7.75. The summed E-state index contributed by atoms with van der Waals surface area (Å²) in [6.45, 7) is 12.1. The number of hydrogen-bond acceptors (Lipinski definition) is 3. The molecule has 0 saturated carbocycles. The molecule has 2 heterocycles. The van der Waals surface area contributed by atoms with E-state index in [1.54, 1.807) is 0 Å². The van der Waals surface area contributed by atoms with Gasteiger partial charge in [-0.05, 0) is 46.2 Å². The van der Waals surface area contributed by atoms with Gasteiger partial charge in [0.2, 0.25) is 0 Å². The Morgan fingerprint density at radius 3 is 2.63 bits per heavy atom. The van der Waals surface area contributed by atoms with E-state index in [0.717, 1.165) is 23.6 Å². The molecule has 0 radical (unpaired) electrons. The van der Waals surface area contributed by atoms with Crippen molar-refractivity contribution < 1.29 is 4.42 Å². The minimum Gasteiger partial charge on any atom is -0.464 e. The van der Waals surface area contributed by atoms with Gasteiger partial charge in [0, 0.05) is 23.8 Å². The van der Waals surface area contributed by atoms with E-state index in [2.05, 4.69) is 37.3 Å². The molecule has 19 heavy (non-hydrogen) atoms. The Bertz CT molecular complexity index is 546. The van der Waals surface area contributed by atoms with Crippen molar-refractivity contribution in [3.8, 4) is 0 Å². The molecule has 0 saturated heterocycles. The smallest absolute Gasteiger partial charge is 0.125 e.